The molecule has 1 N–H and O–H groups in total. The van der Waals surface area contributed by atoms with Crippen molar-refractivity contribution in [3.05, 3.63) is 21.5 Å². The molecule has 0 fully saturated rings. The van der Waals surface area contributed by atoms with Gasteiger partial charge in [-0.25, -0.2) is 18.3 Å². The van der Waals surface area contributed by atoms with Gasteiger partial charge in [0.1, 0.15) is 11.7 Å². The Bertz CT molecular complexity index is 486. The van der Waals surface area contributed by atoms with E-state index in [4.69, 9.17) is 5.11 Å². The molecule has 0 aromatic carbocycles. The first-order valence-corrected chi connectivity index (χ1v) is 5.05. The van der Waals surface area contributed by atoms with Gasteiger partial charge in [0.25, 0.3) is 6.43 Å². The van der Waals surface area contributed by atoms with Crippen LogP contribution in [0.15, 0.2) is 0 Å². The average Bonchev–Trinajstić information content (AvgIpc) is 2.56. The van der Waals surface area contributed by atoms with Gasteiger partial charge >= 0.3 is 11.7 Å². The van der Waals surface area contributed by atoms with Gasteiger partial charge in [-0.15, -0.1) is 0 Å². The second-order valence-electron chi connectivity index (χ2n) is 3.58. The predicted molar refractivity (Wildman–Crippen MR) is 55.5 cm³/mol. The van der Waals surface area contributed by atoms with Crippen molar-refractivity contribution in [2.75, 3.05) is 0 Å². The zero-order valence-electron chi connectivity index (χ0n) is 9.63. The molecule has 0 bridgehead atoms. The number of nitro groups is 1. The molecule has 0 aliphatic carbocycles. The van der Waals surface area contributed by atoms with Crippen LogP contribution < -0.4 is 0 Å². The van der Waals surface area contributed by atoms with Gasteiger partial charge in [0, 0.05) is 0 Å². The Morgan fingerprint density at radius 1 is 1.61 bits per heavy atom. The Hall–Kier alpha value is -2.06. The standard InChI is InChI=1S/C9H11F2N3O4/c1-3-5(9(15)16)13-7(8(10)11)6(14(17)18)4(2)12-13/h5,8H,3H2,1-2H3,(H,15,16)/t5-/m0/s1. The summed E-state index contributed by atoms with van der Waals surface area (Å²) < 4.78 is 26.3. The lowest BCUT2D eigenvalue weighted by molar-refractivity contribution is -0.387. The van der Waals surface area contributed by atoms with Crippen LogP contribution in [0.5, 0.6) is 0 Å². The van der Waals surface area contributed by atoms with Gasteiger partial charge in [-0.3, -0.25) is 10.1 Å². The van der Waals surface area contributed by atoms with Crippen LogP contribution in [0.3, 0.4) is 0 Å². The number of nitrogens with zero attached hydrogens (tertiary/aromatic N) is 3. The molecule has 18 heavy (non-hydrogen) atoms. The largest absolute Gasteiger partial charge is 0.480 e. The van der Waals surface area contributed by atoms with E-state index < -0.39 is 34.7 Å². The second kappa shape index (κ2) is 5.07. The zero-order chi connectivity index (χ0) is 14.0. The van der Waals surface area contributed by atoms with E-state index in [9.17, 15) is 23.7 Å². The molecule has 9 heteroatoms. The Morgan fingerprint density at radius 3 is 2.50 bits per heavy atom. The third kappa shape index (κ3) is 2.29. The second-order valence-corrected chi connectivity index (χ2v) is 3.58. The maximum absolute atomic E-state index is 12.9. The van der Waals surface area contributed by atoms with Gasteiger partial charge in [0.05, 0.1) is 4.92 Å². The first kappa shape index (κ1) is 14.0. The number of alkyl halides is 2. The highest BCUT2D eigenvalue weighted by Crippen LogP contribution is 2.34. The first-order chi connectivity index (χ1) is 8.31. The summed E-state index contributed by atoms with van der Waals surface area (Å²) in [6.45, 7) is 2.66. The highest BCUT2D eigenvalue weighted by atomic mass is 19.3. The van der Waals surface area contributed by atoms with Crippen molar-refractivity contribution < 1.29 is 23.6 Å². The van der Waals surface area contributed by atoms with E-state index >= 15 is 0 Å². The minimum absolute atomic E-state index is 0.00662. The van der Waals surface area contributed by atoms with Crippen molar-refractivity contribution in [3.63, 3.8) is 0 Å². The lowest BCUT2D eigenvalue weighted by atomic mass is 10.2. The van der Waals surface area contributed by atoms with E-state index in [-0.39, 0.29) is 12.1 Å². The molecule has 0 saturated carbocycles. The summed E-state index contributed by atoms with van der Waals surface area (Å²) in [7, 11) is 0. The van der Waals surface area contributed by atoms with Crippen LogP contribution in [-0.4, -0.2) is 25.8 Å². The van der Waals surface area contributed by atoms with E-state index in [1.54, 1.807) is 0 Å². The van der Waals surface area contributed by atoms with Gasteiger partial charge in [-0.05, 0) is 13.3 Å². The first-order valence-electron chi connectivity index (χ1n) is 5.05. The lowest BCUT2D eigenvalue weighted by Gasteiger charge is -2.12. The third-order valence-electron chi connectivity index (χ3n) is 2.45. The maximum atomic E-state index is 12.9. The van der Waals surface area contributed by atoms with E-state index in [2.05, 4.69) is 5.10 Å². The van der Waals surface area contributed by atoms with Gasteiger partial charge in [-0.1, -0.05) is 6.92 Å². The Kier molecular flexibility index (Phi) is 3.94. The van der Waals surface area contributed by atoms with Crippen LogP contribution in [0.4, 0.5) is 14.5 Å². The lowest BCUT2D eigenvalue weighted by Crippen LogP contribution is -2.21. The average molecular weight is 263 g/mol. The highest BCUT2D eigenvalue weighted by Gasteiger charge is 2.35. The number of hydrogen-bond acceptors (Lipinski definition) is 4. The molecule has 0 aliphatic rings. The summed E-state index contributed by atoms with van der Waals surface area (Å²) in [4.78, 5) is 20.7. The predicted octanol–water partition coefficient (Wildman–Crippen LogP) is 2.07. The molecule has 1 atom stereocenters. The van der Waals surface area contributed by atoms with Crippen LogP contribution in [0.25, 0.3) is 0 Å². The molecule has 0 radical (unpaired) electrons. The van der Waals surface area contributed by atoms with E-state index in [1.165, 1.54) is 13.8 Å². The van der Waals surface area contributed by atoms with Crippen molar-refractivity contribution in [2.45, 2.75) is 32.7 Å². The van der Waals surface area contributed by atoms with Crippen molar-refractivity contribution in [1.29, 1.82) is 0 Å². The third-order valence-corrected chi connectivity index (χ3v) is 2.45. The summed E-state index contributed by atoms with van der Waals surface area (Å²) in [5.74, 6) is -1.36. The Balaban J connectivity index is 3.50. The van der Waals surface area contributed by atoms with Gasteiger partial charge < -0.3 is 5.11 Å². The summed E-state index contributed by atoms with van der Waals surface area (Å²) in [6.07, 6.45) is -3.17. The topological polar surface area (TPSA) is 98.3 Å². The number of halogens is 2. The number of rotatable bonds is 5. The van der Waals surface area contributed by atoms with Gasteiger partial charge in [-0.2, -0.15) is 5.10 Å². The summed E-state index contributed by atoms with van der Waals surface area (Å²) in [5, 5.41) is 23.2. The van der Waals surface area contributed by atoms with E-state index in [0.717, 1.165) is 0 Å². The minimum atomic E-state index is -3.17. The van der Waals surface area contributed by atoms with Crippen LogP contribution in [-0.2, 0) is 4.79 Å². The number of aromatic nitrogens is 2. The number of aryl methyl sites for hydroxylation is 1. The quantitative estimate of drug-likeness (QED) is 0.647. The van der Waals surface area contributed by atoms with Gasteiger partial charge in [0.2, 0.25) is 0 Å². The van der Waals surface area contributed by atoms with Crippen LogP contribution in [0.2, 0.25) is 0 Å². The van der Waals surface area contributed by atoms with E-state index in [1.807, 2.05) is 0 Å². The fourth-order valence-corrected chi connectivity index (χ4v) is 1.68. The highest BCUT2D eigenvalue weighted by molar-refractivity contribution is 5.72. The van der Waals surface area contributed by atoms with Gasteiger partial charge in [0.15, 0.2) is 5.69 Å². The fourth-order valence-electron chi connectivity index (χ4n) is 1.68. The smallest absolute Gasteiger partial charge is 0.328 e. The van der Waals surface area contributed by atoms with Crippen molar-refractivity contribution in [2.24, 2.45) is 0 Å². The van der Waals surface area contributed by atoms with Crippen LogP contribution in [0.1, 0.15) is 37.2 Å². The van der Waals surface area contributed by atoms with Crippen molar-refractivity contribution in [1.82, 2.24) is 9.78 Å². The number of carboxylic acid groups (broad SMARTS) is 1. The fraction of sp³-hybridized carbons (Fsp3) is 0.556. The van der Waals surface area contributed by atoms with Crippen LogP contribution >= 0.6 is 0 Å². The number of carbonyl (C=O) groups is 1. The molecule has 0 saturated heterocycles. The molecule has 1 aromatic rings. The zero-order valence-corrected chi connectivity index (χ0v) is 9.63. The molecule has 0 unspecified atom stereocenters. The summed E-state index contributed by atoms with van der Waals surface area (Å²) in [5.41, 5.74) is -2.02. The molecular formula is C9H11F2N3O4. The molecule has 1 rings (SSSR count). The molecule has 0 aliphatic heterocycles. The monoisotopic (exact) mass is 263 g/mol. The molecule has 7 nitrogen and oxygen atoms in total. The summed E-state index contributed by atoms with van der Waals surface area (Å²) >= 11 is 0. The molecule has 100 valence electrons. The van der Waals surface area contributed by atoms with Crippen LogP contribution in [0, 0.1) is 17.0 Å². The summed E-state index contributed by atoms with van der Waals surface area (Å²) in [6, 6.07) is -1.35. The van der Waals surface area contributed by atoms with Crippen molar-refractivity contribution >= 4 is 11.7 Å². The molecule has 1 aromatic heterocycles. The maximum Gasteiger partial charge on any atom is 0.328 e. The molecule has 0 amide bonds. The molecule has 1 heterocycles. The SMILES string of the molecule is CC[C@@H](C(=O)O)n1nc(C)c([N+](=O)[O-])c1C(F)F. The van der Waals surface area contributed by atoms with E-state index in [0.29, 0.717) is 4.68 Å². The number of aliphatic carboxylic acids is 1. The molecular weight excluding hydrogens is 252 g/mol. The number of carboxylic acids is 1. The Morgan fingerprint density at radius 2 is 2.17 bits per heavy atom. The van der Waals surface area contributed by atoms with Crippen molar-refractivity contribution in [3.8, 4) is 0 Å². The normalized spacial score (nSPS) is 12.7. The number of hydrogen-bond donors (Lipinski definition) is 1. The Labute approximate surface area is 100 Å². The minimum Gasteiger partial charge on any atom is -0.480 e. The molecule has 0 spiro atoms.